The summed E-state index contributed by atoms with van der Waals surface area (Å²) >= 11 is 0. The average Bonchev–Trinajstić information content (AvgIpc) is 2.97. The third-order valence-corrected chi connectivity index (χ3v) is 5.77. The number of oxime groups is 1. The summed E-state index contributed by atoms with van der Waals surface area (Å²) in [6.45, 7) is -0.253. The maximum atomic E-state index is 12.0. The maximum absolute atomic E-state index is 12.0. The quantitative estimate of drug-likeness (QED) is 0.518. The number of hydrogen-bond donors (Lipinski definition) is 0. The van der Waals surface area contributed by atoms with Crippen LogP contribution in [0.25, 0.3) is 0 Å². The van der Waals surface area contributed by atoms with Gasteiger partial charge in [-0.05, 0) is 24.6 Å². The first kappa shape index (κ1) is 19.0. The van der Waals surface area contributed by atoms with E-state index in [2.05, 4.69) is 5.16 Å². The first-order valence-corrected chi connectivity index (χ1v) is 9.52. The average molecular weight is 370 g/mol. The maximum Gasteiger partial charge on any atom is 0.263 e. The van der Waals surface area contributed by atoms with Crippen LogP contribution in [0.1, 0.15) is 12.0 Å². The van der Waals surface area contributed by atoms with Crippen molar-refractivity contribution in [2.45, 2.75) is 12.5 Å². The molecule has 0 saturated carbocycles. The van der Waals surface area contributed by atoms with Gasteiger partial charge >= 0.3 is 0 Å². The second kappa shape index (κ2) is 8.19. The molecule has 1 aliphatic rings. The normalized spacial score (nSPS) is 18.9. The Morgan fingerprint density at radius 3 is 2.64 bits per heavy atom. The SMILES string of the molecule is COc1ccc(/C=N\OCC(=O)N(C)[C@H]2CCS(=O)(=O)C2)cc1OC. The molecule has 0 aromatic heterocycles. The zero-order chi connectivity index (χ0) is 18.4. The van der Waals surface area contributed by atoms with Gasteiger partial charge in [0.05, 0.1) is 31.9 Å². The molecule has 2 rings (SSSR count). The molecule has 0 N–H and O–H groups in total. The van der Waals surface area contributed by atoms with Crippen molar-refractivity contribution < 1.29 is 27.5 Å². The van der Waals surface area contributed by atoms with Crippen LogP contribution in [-0.2, 0) is 19.5 Å². The molecule has 1 aromatic carbocycles. The number of rotatable bonds is 7. The molecule has 1 aliphatic heterocycles. The highest BCUT2D eigenvalue weighted by Crippen LogP contribution is 2.26. The van der Waals surface area contributed by atoms with Gasteiger partial charge in [0, 0.05) is 18.7 Å². The van der Waals surface area contributed by atoms with E-state index < -0.39 is 9.84 Å². The largest absolute Gasteiger partial charge is 0.493 e. The standard InChI is InChI=1S/C16H22N2O6S/c1-18(13-6-7-25(20,21)11-13)16(19)10-24-17-9-12-4-5-14(22-2)15(8-12)23-3/h4-5,8-9,13H,6-7,10-11H2,1-3H3/b17-9-/t13-/m0/s1. The van der Waals surface area contributed by atoms with E-state index in [0.717, 1.165) is 5.56 Å². The van der Waals surface area contributed by atoms with Gasteiger partial charge in [-0.1, -0.05) is 5.16 Å². The van der Waals surface area contributed by atoms with Gasteiger partial charge < -0.3 is 19.2 Å². The van der Waals surface area contributed by atoms with Crippen molar-refractivity contribution in [2.24, 2.45) is 5.16 Å². The van der Waals surface area contributed by atoms with Crippen LogP contribution in [0, 0.1) is 0 Å². The molecule has 1 heterocycles. The van der Waals surface area contributed by atoms with E-state index in [9.17, 15) is 13.2 Å². The molecule has 1 aromatic rings. The van der Waals surface area contributed by atoms with Gasteiger partial charge in [-0.25, -0.2) is 8.42 Å². The molecule has 0 unspecified atom stereocenters. The lowest BCUT2D eigenvalue weighted by Gasteiger charge is -2.22. The van der Waals surface area contributed by atoms with Crippen molar-refractivity contribution >= 4 is 22.0 Å². The number of nitrogens with zero attached hydrogens (tertiary/aromatic N) is 2. The molecular weight excluding hydrogens is 348 g/mol. The van der Waals surface area contributed by atoms with E-state index in [0.29, 0.717) is 17.9 Å². The van der Waals surface area contributed by atoms with Crippen LogP contribution in [0.2, 0.25) is 0 Å². The van der Waals surface area contributed by atoms with Gasteiger partial charge in [0.1, 0.15) is 0 Å². The number of carbonyl (C=O) groups excluding carboxylic acids is 1. The van der Waals surface area contributed by atoms with Gasteiger partial charge in [0.25, 0.3) is 5.91 Å². The minimum absolute atomic E-state index is 0.00412. The zero-order valence-corrected chi connectivity index (χ0v) is 15.3. The van der Waals surface area contributed by atoms with Gasteiger partial charge in [0.15, 0.2) is 27.9 Å². The van der Waals surface area contributed by atoms with Crippen molar-refractivity contribution in [1.82, 2.24) is 4.90 Å². The molecule has 0 spiro atoms. The summed E-state index contributed by atoms with van der Waals surface area (Å²) in [7, 11) is 1.63. The van der Waals surface area contributed by atoms with Gasteiger partial charge in [-0.2, -0.15) is 0 Å². The first-order chi connectivity index (χ1) is 11.9. The van der Waals surface area contributed by atoms with Crippen molar-refractivity contribution in [1.29, 1.82) is 0 Å². The Morgan fingerprint density at radius 2 is 2.04 bits per heavy atom. The van der Waals surface area contributed by atoms with Crippen molar-refractivity contribution in [3.8, 4) is 11.5 Å². The Labute approximate surface area is 147 Å². The fraction of sp³-hybridized carbons (Fsp3) is 0.500. The molecule has 8 nitrogen and oxygen atoms in total. The van der Waals surface area contributed by atoms with Crippen LogP contribution < -0.4 is 9.47 Å². The van der Waals surface area contributed by atoms with Crippen molar-refractivity contribution in [3.63, 3.8) is 0 Å². The molecule has 1 saturated heterocycles. The van der Waals surface area contributed by atoms with Crippen LogP contribution in [0.5, 0.6) is 11.5 Å². The third-order valence-electron chi connectivity index (χ3n) is 4.02. The monoisotopic (exact) mass is 370 g/mol. The molecule has 138 valence electrons. The lowest BCUT2D eigenvalue weighted by molar-refractivity contribution is -0.136. The van der Waals surface area contributed by atoms with E-state index in [4.69, 9.17) is 14.3 Å². The summed E-state index contributed by atoms with van der Waals surface area (Å²) in [6.07, 6.45) is 1.91. The van der Waals surface area contributed by atoms with Crippen LogP contribution in [-0.4, -0.2) is 70.9 Å². The predicted octanol–water partition coefficient (Wildman–Crippen LogP) is 0.700. The molecule has 1 amide bonds. The van der Waals surface area contributed by atoms with E-state index in [1.807, 2.05) is 0 Å². The van der Waals surface area contributed by atoms with E-state index in [1.54, 1.807) is 32.4 Å². The molecule has 25 heavy (non-hydrogen) atoms. The zero-order valence-electron chi connectivity index (χ0n) is 14.5. The van der Waals surface area contributed by atoms with Crippen LogP contribution in [0.15, 0.2) is 23.4 Å². The second-order valence-electron chi connectivity index (χ2n) is 5.68. The molecule has 0 radical (unpaired) electrons. The molecule has 0 bridgehead atoms. The van der Waals surface area contributed by atoms with E-state index in [1.165, 1.54) is 18.2 Å². The number of methoxy groups -OCH3 is 2. The molecule has 9 heteroatoms. The highest BCUT2D eigenvalue weighted by Gasteiger charge is 2.32. The van der Waals surface area contributed by atoms with Crippen LogP contribution in [0.3, 0.4) is 0 Å². The number of carbonyl (C=O) groups is 1. The number of sulfone groups is 1. The summed E-state index contributed by atoms with van der Waals surface area (Å²) in [5.74, 6) is 0.970. The van der Waals surface area contributed by atoms with E-state index in [-0.39, 0.29) is 30.1 Å². The third kappa shape index (κ3) is 5.09. The topological polar surface area (TPSA) is 94.5 Å². The summed E-state index contributed by atoms with van der Waals surface area (Å²) in [5.41, 5.74) is 0.723. The Morgan fingerprint density at radius 1 is 1.32 bits per heavy atom. The minimum atomic E-state index is -3.03. The summed E-state index contributed by atoms with van der Waals surface area (Å²) in [5, 5.41) is 3.76. The molecule has 1 fully saturated rings. The Hall–Kier alpha value is -2.29. The fourth-order valence-corrected chi connectivity index (χ4v) is 4.28. The summed E-state index contributed by atoms with van der Waals surface area (Å²) in [4.78, 5) is 18.5. The Kier molecular flexibility index (Phi) is 6.24. The van der Waals surface area contributed by atoms with Crippen molar-refractivity contribution in [2.75, 3.05) is 39.4 Å². The number of ether oxygens (including phenoxy) is 2. The van der Waals surface area contributed by atoms with Gasteiger partial charge in [0.2, 0.25) is 0 Å². The fourth-order valence-electron chi connectivity index (χ4n) is 2.51. The molecule has 1 atom stereocenters. The lowest BCUT2D eigenvalue weighted by atomic mass is 10.2. The molecule has 0 aliphatic carbocycles. The molecular formula is C16H22N2O6S. The van der Waals surface area contributed by atoms with Crippen LogP contribution >= 0.6 is 0 Å². The van der Waals surface area contributed by atoms with Gasteiger partial charge in [-0.3, -0.25) is 4.79 Å². The highest BCUT2D eigenvalue weighted by molar-refractivity contribution is 7.91. The smallest absolute Gasteiger partial charge is 0.263 e. The lowest BCUT2D eigenvalue weighted by Crippen LogP contribution is -2.39. The number of likely N-dealkylation sites (N-methyl/N-ethyl adjacent to an activating group) is 1. The number of benzene rings is 1. The number of amides is 1. The van der Waals surface area contributed by atoms with Gasteiger partial charge in [-0.15, -0.1) is 0 Å². The highest BCUT2D eigenvalue weighted by atomic mass is 32.2. The van der Waals surface area contributed by atoms with E-state index >= 15 is 0 Å². The van der Waals surface area contributed by atoms with Crippen molar-refractivity contribution in [3.05, 3.63) is 23.8 Å². The van der Waals surface area contributed by atoms with Crippen LogP contribution in [0.4, 0.5) is 0 Å². The second-order valence-corrected chi connectivity index (χ2v) is 7.91. The summed E-state index contributed by atoms with van der Waals surface area (Å²) in [6, 6.07) is 4.93. The summed E-state index contributed by atoms with van der Waals surface area (Å²) < 4.78 is 33.3. The Balaban J connectivity index is 1.85. The predicted molar refractivity (Wildman–Crippen MR) is 92.9 cm³/mol. The minimum Gasteiger partial charge on any atom is -0.493 e. The first-order valence-electron chi connectivity index (χ1n) is 7.69. The Bertz CT molecular complexity index is 747. The number of hydrogen-bond acceptors (Lipinski definition) is 7.